The molecule has 146 valence electrons. The van der Waals surface area contributed by atoms with Crippen LogP contribution >= 0.6 is 0 Å². The molecule has 0 aliphatic heterocycles. The predicted molar refractivity (Wildman–Crippen MR) is 108 cm³/mol. The second-order valence-electron chi connectivity index (χ2n) is 7.29. The molecule has 0 bridgehead atoms. The summed E-state index contributed by atoms with van der Waals surface area (Å²) in [4.78, 5) is 12.5. The molecule has 1 aliphatic carbocycles. The highest BCUT2D eigenvalue weighted by atomic mass is 16.3. The van der Waals surface area contributed by atoms with Gasteiger partial charge in [0, 0.05) is 17.9 Å². The number of hydrogen-bond acceptors (Lipinski definition) is 4. The van der Waals surface area contributed by atoms with Gasteiger partial charge >= 0.3 is 0 Å². The Balaban J connectivity index is 1.90. The number of carbonyl (C=O) groups excluding carboxylic acids is 1. The molecule has 27 heavy (non-hydrogen) atoms. The fourth-order valence-corrected chi connectivity index (χ4v) is 3.43. The first-order valence-corrected chi connectivity index (χ1v) is 10.2. The van der Waals surface area contributed by atoms with Gasteiger partial charge < -0.3 is 15.7 Å². The Morgan fingerprint density at radius 3 is 2.00 bits per heavy atom. The van der Waals surface area contributed by atoms with Gasteiger partial charge in [-0.25, -0.2) is 0 Å². The molecule has 1 amide bonds. The van der Waals surface area contributed by atoms with E-state index in [1.54, 1.807) is 24.3 Å². The summed E-state index contributed by atoms with van der Waals surface area (Å²) >= 11 is 0. The summed E-state index contributed by atoms with van der Waals surface area (Å²) in [5.74, 6) is -0.147. The van der Waals surface area contributed by atoms with E-state index < -0.39 is 0 Å². The molecule has 5 heteroatoms. The van der Waals surface area contributed by atoms with Gasteiger partial charge in [0.2, 0.25) is 0 Å². The average molecular weight is 370 g/mol. The fraction of sp³-hybridized carbons (Fsp3) is 0.545. The number of carbonyl (C=O) groups is 1. The summed E-state index contributed by atoms with van der Waals surface area (Å²) < 4.78 is 0. The van der Waals surface area contributed by atoms with Gasteiger partial charge in [-0.2, -0.15) is 5.26 Å². The molecule has 0 heterocycles. The van der Waals surface area contributed by atoms with Crippen molar-refractivity contribution in [2.45, 2.75) is 76.7 Å². The first-order chi connectivity index (χ1) is 13.2. The first kappa shape index (κ1) is 20.8. The molecule has 3 N–H and O–H groups in total. The third-order valence-electron chi connectivity index (χ3n) is 5.06. The zero-order valence-corrected chi connectivity index (χ0v) is 16.0. The molecule has 0 aromatic heterocycles. The lowest BCUT2D eigenvalue weighted by Crippen LogP contribution is -2.35. The van der Waals surface area contributed by atoms with Crippen LogP contribution < -0.4 is 10.6 Å². The number of nitrogens with one attached hydrogen (secondary N) is 2. The van der Waals surface area contributed by atoms with Gasteiger partial charge in [0.1, 0.15) is 17.4 Å². The van der Waals surface area contributed by atoms with E-state index in [4.69, 9.17) is 0 Å². The third-order valence-corrected chi connectivity index (χ3v) is 5.06. The standard InChI is InChI=1S/C22H31N3O2/c23-16-18(17-24-19-12-14-21(26)15-13-19)22(27)25-20-10-8-6-4-2-1-3-5-7-9-11-20/h12-15,17,20,24,26H,1-11H2,(H,25,27)/b18-17-. The molecule has 0 unspecified atom stereocenters. The van der Waals surface area contributed by atoms with Gasteiger partial charge in [0.05, 0.1) is 0 Å². The summed E-state index contributed by atoms with van der Waals surface area (Å²) in [6.45, 7) is 0. The van der Waals surface area contributed by atoms with Crippen LogP contribution in [0.2, 0.25) is 0 Å². The van der Waals surface area contributed by atoms with Crippen LogP contribution in [0.4, 0.5) is 5.69 Å². The number of hydrogen-bond donors (Lipinski definition) is 3. The molecule has 0 atom stereocenters. The van der Waals surface area contributed by atoms with E-state index in [0.717, 1.165) is 25.7 Å². The minimum absolute atomic E-state index is 0.0641. The van der Waals surface area contributed by atoms with Crippen LogP contribution in [-0.2, 0) is 4.79 Å². The Kier molecular flexibility index (Phi) is 9.26. The number of nitriles is 1. The highest BCUT2D eigenvalue weighted by molar-refractivity contribution is 5.97. The molecule has 5 nitrogen and oxygen atoms in total. The lowest BCUT2D eigenvalue weighted by Gasteiger charge is -2.19. The van der Waals surface area contributed by atoms with Crippen LogP contribution in [0.3, 0.4) is 0 Å². The van der Waals surface area contributed by atoms with Gasteiger partial charge in [-0.15, -0.1) is 0 Å². The van der Waals surface area contributed by atoms with Crippen molar-refractivity contribution in [2.24, 2.45) is 0 Å². The van der Waals surface area contributed by atoms with E-state index in [0.29, 0.717) is 5.69 Å². The molecular formula is C22H31N3O2. The summed E-state index contributed by atoms with van der Waals surface area (Å²) in [5, 5.41) is 24.6. The number of rotatable bonds is 4. The van der Waals surface area contributed by atoms with Crippen molar-refractivity contribution >= 4 is 11.6 Å². The van der Waals surface area contributed by atoms with Crippen molar-refractivity contribution in [3.05, 3.63) is 36.0 Å². The summed E-state index contributed by atoms with van der Waals surface area (Å²) in [5.41, 5.74) is 0.772. The van der Waals surface area contributed by atoms with Crippen LogP contribution in [0.25, 0.3) is 0 Å². The van der Waals surface area contributed by atoms with Gasteiger partial charge in [-0.1, -0.05) is 57.8 Å². The maximum Gasteiger partial charge on any atom is 0.263 e. The fourth-order valence-electron chi connectivity index (χ4n) is 3.43. The predicted octanol–water partition coefficient (Wildman–Crippen LogP) is 5.00. The molecule has 0 radical (unpaired) electrons. The quantitative estimate of drug-likeness (QED) is 0.396. The molecule has 0 spiro atoms. The van der Waals surface area contributed by atoms with Crippen molar-refractivity contribution in [3.63, 3.8) is 0 Å². The van der Waals surface area contributed by atoms with Crippen LogP contribution in [0.5, 0.6) is 5.75 Å². The van der Waals surface area contributed by atoms with Crippen molar-refractivity contribution < 1.29 is 9.90 Å². The van der Waals surface area contributed by atoms with Crippen LogP contribution in [-0.4, -0.2) is 17.1 Å². The molecule has 1 aromatic rings. The van der Waals surface area contributed by atoms with E-state index in [1.165, 1.54) is 51.1 Å². The molecule has 1 aromatic carbocycles. The third kappa shape index (κ3) is 8.17. The Bertz CT molecular complexity index is 635. The number of nitrogens with zero attached hydrogens (tertiary/aromatic N) is 1. The van der Waals surface area contributed by atoms with Gasteiger partial charge in [-0.05, 0) is 37.1 Å². The smallest absolute Gasteiger partial charge is 0.263 e. The van der Waals surface area contributed by atoms with Crippen molar-refractivity contribution in [1.82, 2.24) is 5.32 Å². The van der Waals surface area contributed by atoms with Crippen LogP contribution in [0, 0.1) is 11.3 Å². The zero-order chi connectivity index (χ0) is 19.3. The number of aromatic hydroxyl groups is 1. The molecule has 1 aliphatic rings. The van der Waals surface area contributed by atoms with Gasteiger partial charge in [-0.3, -0.25) is 4.79 Å². The lowest BCUT2D eigenvalue weighted by atomic mass is 9.98. The lowest BCUT2D eigenvalue weighted by molar-refractivity contribution is -0.117. The Hall–Kier alpha value is -2.48. The number of anilines is 1. The normalized spacial score (nSPS) is 17.8. The zero-order valence-electron chi connectivity index (χ0n) is 16.0. The monoisotopic (exact) mass is 369 g/mol. The highest BCUT2D eigenvalue weighted by Crippen LogP contribution is 2.18. The van der Waals surface area contributed by atoms with Crippen molar-refractivity contribution in [3.8, 4) is 11.8 Å². The van der Waals surface area contributed by atoms with Crippen molar-refractivity contribution in [1.29, 1.82) is 5.26 Å². The van der Waals surface area contributed by atoms with Crippen LogP contribution in [0.15, 0.2) is 36.0 Å². The van der Waals surface area contributed by atoms with Crippen LogP contribution in [0.1, 0.15) is 70.6 Å². The second-order valence-corrected chi connectivity index (χ2v) is 7.29. The molecule has 1 fully saturated rings. The second kappa shape index (κ2) is 12.0. The average Bonchev–Trinajstić information content (AvgIpc) is 2.66. The largest absolute Gasteiger partial charge is 0.508 e. The first-order valence-electron chi connectivity index (χ1n) is 10.2. The van der Waals surface area contributed by atoms with E-state index in [9.17, 15) is 15.2 Å². The van der Waals surface area contributed by atoms with Gasteiger partial charge in [0.25, 0.3) is 5.91 Å². The summed E-state index contributed by atoms with van der Waals surface area (Å²) in [7, 11) is 0. The molecular weight excluding hydrogens is 338 g/mol. The number of phenols is 1. The number of benzene rings is 1. The maximum absolute atomic E-state index is 12.5. The van der Waals surface area contributed by atoms with E-state index in [-0.39, 0.29) is 23.3 Å². The highest BCUT2D eigenvalue weighted by Gasteiger charge is 2.16. The Morgan fingerprint density at radius 1 is 0.963 bits per heavy atom. The molecule has 0 saturated heterocycles. The topological polar surface area (TPSA) is 85.2 Å². The Labute approximate surface area is 162 Å². The summed E-state index contributed by atoms with van der Waals surface area (Å²) in [6, 6.07) is 8.59. The minimum atomic E-state index is -0.319. The molecule has 1 saturated carbocycles. The SMILES string of the molecule is N#C/C(=C/Nc1ccc(O)cc1)C(=O)NC1CCCCCCCCCCC1. The summed E-state index contributed by atoms with van der Waals surface area (Å²) in [6.07, 6.45) is 14.6. The Morgan fingerprint density at radius 2 is 1.48 bits per heavy atom. The minimum Gasteiger partial charge on any atom is -0.508 e. The number of amides is 1. The van der Waals surface area contributed by atoms with Crippen molar-refractivity contribution in [2.75, 3.05) is 5.32 Å². The molecule has 2 rings (SSSR count). The van der Waals surface area contributed by atoms with E-state index in [2.05, 4.69) is 10.6 Å². The number of phenolic OH excluding ortho intramolecular Hbond substituents is 1. The van der Waals surface area contributed by atoms with E-state index >= 15 is 0 Å². The maximum atomic E-state index is 12.5. The van der Waals surface area contributed by atoms with E-state index in [1.807, 2.05) is 6.07 Å². The van der Waals surface area contributed by atoms with Gasteiger partial charge in [0.15, 0.2) is 0 Å².